The molecule has 4 nitrogen and oxygen atoms in total. The topological polar surface area (TPSA) is 41.8 Å². The van der Waals surface area contributed by atoms with Gasteiger partial charge in [-0.3, -0.25) is 9.59 Å². The third-order valence-electron chi connectivity index (χ3n) is 6.31. The van der Waals surface area contributed by atoms with Gasteiger partial charge in [0.25, 0.3) is 5.91 Å². The standard InChI is InChI=1S/C20H26N2O2/c1-14-8-10-16(11-9-14)22-19(23)13-18(20(22)24)21-12-4-6-15-5-2-3-7-17(15)21/h8-11,15,17-18H,2-7,12-13H2,1H3/p+1/t15-,17+,18+/m1/s1. The second-order valence-corrected chi connectivity index (χ2v) is 7.78. The number of rotatable bonds is 2. The average Bonchev–Trinajstić information content (AvgIpc) is 2.90. The van der Waals surface area contributed by atoms with Crippen molar-refractivity contribution >= 4 is 17.5 Å². The Bertz CT molecular complexity index is 638. The van der Waals surface area contributed by atoms with E-state index in [0.29, 0.717) is 12.5 Å². The number of fused-ring (bicyclic) bond motifs is 1. The summed E-state index contributed by atoms with van der Waals surface area (Å²) in [4.78, 5) is 28.5. The highest BCUT2D eigenvalue weighted by Crippen LogP contribution is 2.30. The summed E-state index contributed by atoms with van der Waals surface area (Å²) in [6.07, 6.45) is 8.03. The number of hydrogen-bond donors (Lipinski definition) is 1. The minimum Gasteiger partial charge on any atom is -0.322 e. The third-order valence-corrected chi connectivity index (χ3v) is 6.31. The molecule has 1 aromatic rings. The van der Waals surface area contributed by atoms with Gasteiger partial charge in [0.1, 0.15) is 0 Å². The molecule has 0 bridgehead atoms. The van der Waals surface area contributed by atoms with Gasteiger partial charge in [-0.25, -0.2) is 4.90 Å². The number of nitrogens with one attached hydrogen (secondary N) is 1. The molecule has 3 fully saturated rings. The van der Waals surface area contributed by atoms with Gasteiger partial charge in [0.2, 0.25) is 5.91 Å². The molecule has 2 amide bonds. The van der Waals surface area contributed by atoms with E-state index in [1.165, 1.54) is 48.3 Å². The molecule has 0 spiro atoms. The molecule has 1 unspecified atom stereocenters. The molecular weight excluding hydrogens is 300 g/mol. The molecule has 24 heavy (non-hydrogen) atoms. The Morgan fingerprint density at radius 2 is 1.71 bits per heavy atom. The fraction of sp³-hybridized carbons (Fsp3) is 0.600. The van der Waals surface area contributed by atoms with Crippen LogP contribution in [0.15, 0.2) is 24.3 Å². The second kappa shape index (κ2) is 6.32. The summed E-state index contributed by atoms with van der Waals surface area (Å²) in [6.45, 7) is 3.06. The van der Waals surface area contributed by atoms with E-state index in [0.717, 1.165) is 23.7 Å². The van der Waals surface area contributed by atoms with Gasteiger partial charge in [0.15, 0.2) is 6.04 Å². The summed E-state index contributed by atoms with van der Waals surface area (Å²) in [7, 11) is 0. The van der Waals surface area contributed by atoms with Gasteiger partial charge in [0.05, 0.1) is 24.7 Å². The van der Waals surface area contributed by atoms with Crippen LogP contribution in [-0.2, 0) is 9.59 Å². The molecule has 1 N–H and O–H groups in total. The lowest BCUT2D eigenvalue weighted by Crippen LogP contribution is -3.21. The molecule has 2 saturated heterocycles. The predicted molar refractivity (Wildman–Crippen MR) is 92.9 cm³/mol. The van der Waals surface area contributed by atoms with Crippen LogP contribution in [0.25, 0.3) is 0 Å². The largest absolute Gasteiger partial charge is 0.322 e. The van der Waals surface area contributed by atoms with Crippen LogP contribution in [0.4, 0.5) is 5.69 Å². The first kappa shape index (κ1) is 15.8. The highest BCUT2D eigenvalue weighted by Gasteiger charge is 2.50. The minimum absolute atomic E-state index is 0.0186. The van der Waals surface area contributed by atoms with Gasteiger partial charge in [0, 0.05) is 5.92 Å². The van der Waals surface area contributed by atoms with Gasteiger partial charge >= 0.3 is 0 Å². The van der Waals surface area contributed by atoms with Crippen molar-refractivity contribution in [2.45, 2.75) is 64.0 Å². The van der Waals surface area contributed by atoms with Crippen molar-refractivity contribution in [2.75, 3.05) is 11.4 Å². The first-order valence-corrected chi connectivity index (χ1v) is 9.44. The van der Waals surface area contributed by atoms with Crippen LogP contribution in [0, 0.1) is 12.8 Å². The Morgan fingerprint density at radius 3 is 2.50 bits per heavy atom. The number of carbonyl (C=O) groups is 2. The Balaban J connectivity index is 1.57. The molecule has 2 aliphatic heterocycles. The molecule has 4 atom stereocenters. The van der Waals surface area contributed by atoms with Crippen molar-refractivity contribution in [3.05, 3.63) is 29.8 Å². The molecule has 0 radical (unpaired) electrons. The average molecular weight is 327 g/mol. The smallest absolute Gasteiger partial charge is 0.292 e. The first-order valence-electron chi connectivity index (χ1n) is 9.44. The van der Waals surface area contributed by atoms with Crippen molar-refractivity contribution < 1.29 is 14.5 Å². The second-order valence-electron chi connectivity index (χ2n) is 7.78. The van der Waals surface area contributed by atoms with Crippen LogP contribution < -0.4 is 9.80 Å². The number of imide groups is 1. The van der Waals surface area contributed by atoms with Crippen LogP contribution in [-0.4, -0.2) is 30.4 Å². The maximum absolute atomic E-state index is 13.1. The molecule has 3 aliphatic rings. The van der Waals surface area contributed by atoms with E-state index in [1.54, 1.807) is 0 Å². The Kier molecular flexibility index (Phi) is 4.17. The summed E-state index contributed by atoms with van der Waals surface area (Å²) < 4.78 is 0. The predicted octanol–water partition coefficient (Wildman–Crippen LogP) is 1.86. The molecule has 128 valence electrons. The first-order chi connectivity index (χ1) is 11.6. The zero-order valence-corrected chi connectivity index (χ0v) is 14.5. The van der Waals surface area contributed by atoms with Crippen LogP contribution >= 0.6 is 0 Å². The van der Waals surface area contributed by atoms with Gasteiger partial charge in [-0.1, -0.05) is 24.1 Å². The van der Waals surface area contributed by atoms with Crippen molar-refractivity contribution in [1.82, 2.24) is 0 Å². The fourth-order valence-corrected chi connectivity index (χ4v) is 5.11. The normalized spacial score (nSPS) is 33.6. The summed E-state index contributed by atoms with van der Waals surface area (Å²) in [5, 5.41) is 0. The zero-order valence-electron chi connectivity index (χ0n) is 14.5. The number of likely N-dealkylation sites (tertiary alicyclic amines) is 1. The van der Waals surface area contributed by atoms with Gasteiger partial charge < -0.3 is 4.90 Å². The van der Waals surface area contributed by atoms with Crippen LogP contribution in [0.5, 0.6) is 0 Å². The summed E-state index contributed by atoms with van der Waals surface area (Å²) in [6, 6.07) is 8.14. The number of quaternary nitrogens is 1. The molecule has 1 aliphatic carbocycles. The number of piperidine rings is 1. The summed E-state index contributed by atoms with van der Waals surface area (Å²) in [5.74, 6) is 0.753. The monoisotopic (exact) mass is 327 g/mol. The van der Waals surface area contributed by atoms with Crippen molar-refractivity contribution in [1.29, 1.82) is 0 Å². The number of benzene rings is 1. The highest BCUT2D eigenvalue weighted by molar-refractivity contribution is 6.21. The van der Waals surface area contributed by atoms with Crippen LogP contribution in [0.3, 0.4) is 0 Å². The number of amides is 2. The molecular formula is C20H27N2O2+. The van der Waals surface area contributed by atoms with Crippen molar-refractivity contribution in [3.63, 3.8) is 0 Å². The van der Waals surface area contributed by atoms with Crippen LogP contribution in [0.1, 0.15) is 50.5 Å². The minimum atomic E-state index is -0.162. The Morgan fingerprint density at radius 1 is 1.00 bits per heavy atom. The SMILES string of the molecule is Cc1ccc(N2C(=O)C[C@H]([NH+]3CCC[C@H]4CCCC[C@@H]43)C2=O)cc1. The quantitative estimate of drug-likeness (QED) is 0.843. The van der Waals surface area contributed by atoms with Gasteiger partial charge in [-0.2, -0.15) is 0 Å². The lowest BCUT2D eigenvalue weighted by Gasteiger charge is -2.43. The van der Waals surface area contributed by atoms with Gasteiger partial charge in [-0.05, 0) is 51.2 Å². The zero-order chi connectivity index (χ0) is 16.7. The van der Waals surface area contributed by atoms with Crippen LogP contribution in [0.2, 0.25) is 0 Å². The van der Waals surface area contributed by atoms with E-state index in [9.17, 15) is 9.59 Å². The van der Waals surface area contributed by atoms with E-state index in [2.05, 4.69) is 0 Å². The number of nitrogens with zero attached hydrogens (tertiary/aromatic N) is 1. The molecule has 2 heterocycles. The maximum Gasteiger partial charge on any atom is 0.292 e. The maximum atomic E-state index is 13.1. The van der Waals surface area contributed by atoms with E-state index in [-0.39, 0.29) is 17.9 Å². The molecule has 1 aromatic carbocycles. The number of anilines is 1. The summed E-state index contributed by atoms with van der Waals surface area (Å²) >= 11 is 0. The van der Waals surface area contributed by atoms with E-state index >= 15 is 0 Å². The molecule has 4 rings (SSSR count). The summed E-state index contributed by atoms with van der Waals surface area (Å²) in [5.41, 5.74) is 1.87. The van der Waals surface area contributed by atoms with Gasteiger partial charge in [-0.15, -0.1) is 0 Å². The number of aryl methyl sites for hydroxylation is 1. The van der Waals surface area contributed by atoms with E-state index in [1.807, 2.05) is 31.2 Å². The molecule has 1 saturated carbocycles. The highest BCUT2D eigenvalue weighted by atomic mass is 16.2. The molecule has 4 heteroatoms. The Labute approximate surface area is 143 Å². The van der Waals surface area contributed by atoms with E-state index in [4.69, 9.17) is 0 Å². The third kappa shape index (κ3) is 2.67. The number of carbonyl (C=O) groups excluding carboxylic acids is 2. The fourth-order valence-electron chi connectivity index (χ4n) is 5.11. The van der Waals surface area contributed by atoms with Crippen molar-refractivity contribution in [3.8, 4) is 0 Å². The van der Waals surface area contributed by atoms with E-state index < -0.39 is 0 Å². The molecule has 0 aromatic heterocycles. The Hall–Kier alpha value is -1.68. The lowest BCUT2D eigenvalue weighted by molar-refractivity contribution is -0.950. The lowest BCUT2D eigenvalue weighted by atomic mass is 9.77. The number of hydrogen-bond acceptors (Lipinski definition) is 2. The van der Waals surface area contributed by atoms with Crippen molar-refractivity contribution in [2.24, 2.45) is 5.92 Å².